The van der Waals surface area contributed by atoms with Gasteiger partial charge in [0.05, 0.1) is 19.3 Å². The maximum Gasteiger partial charge on any atom is 0.324 e. The van der Waals surface area contributed by atoms with Gasteiger partial charge in [0, 0.05) is 74.0 Å². The largest absolute Gasteiger partial charge is 0.463 e. The van der Waals surface area contributed by atoms with Gasteiger partial charge in [-0.05, 0) is 24.6 Å². The van der Waals surface area contributed by atoms with E-state index in [2.05, 4.69) is 5.32 Å². The van der Waals surface area contributed by atoms with Crippen LogP contribution in [0.1, 0.15) is 46.5 Å². The highest BCUT2D eigenvalue weighted by atomic mass is 32.5. The predicted molar refractivity (Wildman–Crippen MR) is 149 cm³/mol. The van der Waals surface area contributed by atoms with E-state index >= 15 is 0 Å². The van der Waals surface area contributed by atoms with Crippen molar-refractivity contribution in [2.24, 2.45) is 5.92 Å². The normalized spacial score (nSPS) is 23.2. The molecule has 1 aliphatic rings. The third-order valence-corrected chi connectivity index (χ3v) is 7.66. The van der Waals surface area contributed by atoms with Crippen molar-refractivity contribution in [3.05, 3.63) is 0 Å². The summed E-state index contributed by atoms with van der Waals surface area (Å²) < 4.78 is 48.1. The van der Waals surface area contributed by atoms with Gasteiger partial charge in [-0.2, -0.15) is 0 Å². The maximum absolute atomic E-state index is 12.5. The number of unbranched alkanes of at least 4 members (excludes halogenated alkanes) is 1. The van der Waals surface area contributed by atoms with Crippen molar-refractivity contribution >= 4 is 42.3 Å². The highest BCUT2D eigenvalue weighted by molar-refractivity contribution is 8.07. The summed E-state index contributed by atoms with van der Waals surface area (Å²) in [5, 5.41) is 2.83. The molecule has 1 saturated heterocycles. The van der Waals surface area contributed by atoms with Crippen LogP contribution < -0.4 is 5.32 Å². The number of amides is 1. The quantitative estimate of drug-likeness (QED) is 0.0826. The summed E-state index contributed by atoms with van der Waals surface area (Å²) in [6, 6.07) is 0. The summed E-state index contributed by atoms with van der Waals surface area (Å²) in [6.45, 7) is 0.699. The highest BCUT2D eigenvalue weighted by Crippen LogP contribution is 2.45. The Hall–Kier alpha value is -1.75. The lowest BCUT2D eigenvalue weighted by atomic mass is 10.0. The number of carbonyl (C=O) groups excluding carboxylic acids is 4. The molecule has 1 aliphatic heterocycles. The Morgan fingerprint density at radius 3 is 2.24 bits per heavy atom. The number of carbonyl (C=O) groups is 4. The summed E-state index contributed by atoms with van der Waals surface area (Å²) in [5.41, 5.74) is 0. The molecule has 7 unspecified atom stereocenters. The molecule has 0 radical (unpaired) electrons. The Kier molecular flexibility index (Phi) is 18.5. The average molecular weight is 646 g/mol. The third-order valence-electron chi connectivity index (χ3n) is 5.95. The first kappa shape index (κ1) is 38.3. The Balaban J connectivity index is 2.60. The van der Waals surface area contributed by atoms with Gasteiger partial charge in [0.25, 0.3) is 0 Å². The molecule has 0 aliphatic carbocycles. The van der Waals surface area contributed by atoms with Crippen molar-refractivity contribution in [3.8, 4) is 0 Å². The van der Waals surface area contributed by atoms with Crippen molar-refractivity contribution in [3.63, 3.8) is 0 Å². The minimum atomic E-state index is -3.46. The lowest BCUT2D eigenvalue weighted by Gasteiger charge is -2.39. The van der Waals surface area contributed by atoms with Gasteiger partial charge in [-0.3, -0.25) is 19.2 Å². The second kappa shape index (κ2) is 20.3. The van der Waals surface area contributed by atoms with E-state index in [-0.39, 0.29) is 57.6 Å². The Labute approximate surface area is 251 Å². The molecule has 1 amide bonds. The highest BCUT2D eigenvalue weighted by Gasteiger charge is 2.44. The standard InChI is InChI=1S/C25H44NO14PS/c1-16(27)36-15-22-25(38-18(3)29)20(37-17(2)28)11-24(39-22)35-10-8-7-9-23(30)26-12-19(13-32-4)21(14-33-5)40-41(31,42)34-6/h19-22,24-25H,7-15H2,1-6H3,(H,26,30)(H,31,42). The molecule has 1 heterocycles. The van der Waals surface area contributed by atoms with Crippen molar-refractivity contribution in [2.75, 3.05) is 54.3 Å². The monoisotopic (exact) mass is 645 g/mol. The molecular weight excluding hydrogens is 601 g/mol. The SMILES string of the molecule is COCC(CNC(=O)CCCCOC1CC(OC(C)=O)C(OC(C)=O)C(COC(C)=O)O1)C(COC)OP(O)(=S)OC. The van der Waals surface area contributed by atoms with Gasteiger partial charge < -0.3 is 52.4 Å². The fraction of sp³-hybridized carbons (Fsp3) is 0.840. The third kappa shape index (κ3) is 15.6. The smallest absolute Gasteiger partial charge is 0.324 e. The molecular formula is C25H44NO14PS. The van der Waals surface area contributed by atoms with Crippen LogP contribution in [0.5, 0.6) is 0 Å². The van der Waals surface area contributed by atoms with Gasteiger partial charge in [0.2, 0.25) is 5.91 Å². The van der Waals surface area contributed by atoms with Gasteiger partial charge in [0.1, 0.15) is 18.8 Å². The first-order valence-electron chi connectivity index (χ1n) is 13.4. The Morgan fingerprint density at radius 1 is 1.00 bits per heavy atom. The van der Waals surface area contributed by atoms with Crippen LogP contribution in [-0.4, -0.2) is 114 Å². The molecule has 0 spiro atoms. The molecule has 17 heteroatoms. The fourth-order valence-electron chi connectivity index (χ4n) is 4.08. The van der Waals surface area contributed by atoms with E-state index in [1.807, 2.05) is 0 Å². The molecule has 15 nitrogen and oxygen atoms in total. The zero-order valence-corrected chi connectivity index (χ0v) is 26.6. The van der Waals surface area contributed by atoms with Crippen LogP contribution in [0.2, 0.25) is 0 Å². The molecule has 7 atom stereocenters. The first-order chi connectivity index (χ1) is 19.8. The van der Waals surface area contributed by atoms with E-state index < -0.39 is 55.3 Å². The minimum absolute atomic E-state index is 0.0883. The van der Waals surface area contributed by atoms with Gasteiger partial charge in [-0.25, -0.2) is 0 Å². The molecule has 1 rings (SSSR count). The van der Waals surface area contributed by atoms with Gasteiger partial charge >= 0.3 is 24.6 Å². The first-order valence-corrected chi connectivity index (χ1v) is 16.0. The molecule has 0 saturated carbocycles. The number of rotatable bonds is 20. The second-order valence-corrected chi connectivity index (χ2v) is 12.4. The lowest BCUT2D eigenvalue weighted by Crippen LogP contribution is -2.54. The zero-order chi connectivity index (χ0) is 31.7. The lowest BCUT2D eigenvalue weighted by molar-refractivity contribution is -0.266. The topological polar surface area (TPSA) is 184 Å². The summed E-state index contributed by atoms with van der Waals surface area (Å²) >= 11 is 4.94. The fourth-order valence-corrected chi connectivity index (χ4v) is 5.08. The van der Waals surface area contributed by atoms with E-state index in [1.54, 1.807) is 0 Å². The minimum Gasteiger partial charge on any atom is -0.463 e. The van der Waals surface area contributed by atoms with Crippen LogP contribution in [0.4, 0.5) is 0 Å². The molecule has 0 aromatic carbocycles. The van der Waals surface area contributed by atoms with Crippen LogP contribution in [0, 0.1) is 5.92 Å². The molecule has 1 fully saturated rings. The number of hydrogen-bond acceptors (Lipinski definition) is 14. The van der Waals surface area contributed by atoms with Crippen molar-refractivity contribution in [1.82, 2.24) is 5.32 Å². The number of nitrogens with one attached hydrogen (secondary N) is 1. The van der Waals surface area contributed by atoms with Crippen LogP contribution in [0.25, 0.3) is 0 Å². The van der Waals surface area contributed by atoms with Gasteiger partial charge in [0.15, 0.2) is 12.4 Å². The Morgan fingerprint density at radius 2 is 1.67 bits per heavy atom. The summed E-state index contributed by atoms with van der Waals surface area (Å²) in [4.78, 5) is 57.1. The number of methoxy groups -OCH3 is 2. The number of ether oxygens (including phenoxy) is 7. The summed E-state index contributed by atoms with van der Waals surface area (Å²) in [7, 11) is 4.23. The van der Waals surface area contributed by atoms with Crippen LogP contribution in [0.3, 0.4) is 0 Å². The number of hydrogen-bond donors (Lipinski definition) is 2. The Bertz CT molecular complexity index is 908. The number of esters is 3. The maximum atomic E-state index is 12.5. The second-order valence-electron chi connectivity index (χ2n) is 9.46. The van der Waals surface area contributed by atoms with E-state index in [9.17, 15) is 24.1 Å². The zero-order valence-electron chi connectivity index (χ0n) is 24.9. The molecule has 244 valence electrons. The average Bonchev–Trinajstić information content (AvgIpc) is 2.90. The molecule has 0 bridgehead atoms. The summed E-state index contributed by atoms with van der Waals surface area (Å²) in [5.74, 6) is -2.32. The van der Waals surface area contributed by atoms with Crippen LogP contribution in [0.15, 0.2) is 0 Å². The van der Waals surface area contributed by atoms with Crippen molar-refractivity contribution in [1.29, 1.82) is 0 Å². The molecule has 2 N–H and O–H groups in total. The molecule has 42 heavy (non-hydrogen) atoms. The van der Waals surface area contributed by atoms with Gasteiger partial charge in [-0.1, -0.05) is 0 Å². The van der Waals surface area contributed by atoms with E-state index in [4.69, 9.17) is 54.0 Å². The van der Waals surface area contributed by atoms with E-state index in [0.29, 0.717) is 12.8 Å². The molecule has 0 aromatic heterocycles. The van der Waals surface area contributed by atoms with Crippen LogP contribution in [-0.2, 0) is 73.2 Å². The van der Waals surface area contributed by atoms with Crippen molar-refractivity contribution in [2.45, 2.75) is 77.2 Å². The summed E-state index contributed by atoms with van der Waals surface area (Å²) in [6.07, 6.45) is -2.98. The molecule has 0 aromatic rings. The van der Waals surface area contributed by atoms with Crippen LogP contribution >= 0.6 is 6.72 Å². The van der Waals surface area contributed by atoms with Crippen molar-refractivity contribution < 1.29 is 66.3 Å². The predicted octanol–water partition coefficient (Wildman–Crippen LogP) is 0.988. The van der Waals surface area contributed by atoms with E-state index in [0.717, 1.165) is 0 Å². The van der Waals surface area contributed by atoms with Gasteiger partial charge in [-0.15, -0.1) is 0 Å². The van der Waals surface area contributed by atoms with E-state index in [1.165, 1.54) is 42.1 Å².